The van der Waals surface area contributed by atoms with Gasteiger partial charge in [0.05, 0.1) is 6.61 Å². The third-order valence-corrected chi connectivity index (χ3v) is 4.18. The molecule has 2 fully saturated rings. The van der Waals surface area contributed by atoms with E-state index in [0.717, 1.165) is 12.8 Å². The molecule has 15 heavy (non-hydrogen) atoms. The van der Waals surface area contributed by atoms with E-state index in [2.05, 4.69) is 19.2 Å². The highest BCUT2D eigenvalue weighted by Gasteiger charge is 2.38. The fourth-order valence-electron chi connectivity index (χ4n) is 2.74. The Hall–Kier alpha value is -0.0800. The minimum absolute atomic E-state index is 0.0505. The highest BCUT2D eigenvalue weighted by Crippen LogP contribution is 2.39. The molecule has 0 amide bonds. The topological polar surface area (TPSA) is 32.3 Å². The normalized spacial score (nSPS) is 36.2. The summed E-state index contributed by atoms with van der Waals surface area (Å²) in [5, 5.41) is 13.3. The SMILES string of the molecule is CC1(C)CCCC(CO)(NC2CC2)CC1. The van der Waals surface area contributed by atoms with Gasteiger partial charge in [-0.15, -0.1) is 0 Å². The summed E-state index contributed by atoms with van der Waals surface area (Å²) >= 11 is 0. The van der Waals surface area contributed by atoms with Crippen molar-refractivity contribution in [3.05, 3.63) is 0 Å². The quantitative estimate of drug-likeness (QED) is 0.703. The lowest BCUT2D eigenvalue weighted by Crippen LogP contribution is -2.49. The van der Waals surface area contributed by atoms with Gasteiger partial charge in [-0.1, -0.05) is 20.3 Å². The van der Waals surface area contributed by atoms with Gasteiger partial charge < -0.3 is 10.4 Å². The van der Waals surface area contributed by atoms with Crippen LogP contribution in [0.5, 0.6) is 0 Å². The molecular formula is C13H25NO. The van der Waals surface area contributed by atoms with Crippen molar-refractivity contribution in [2.45, 2.75) is 70.4 Å². The number of hydrogen-bond donors (Lipinski definition) is 2. The van der Waals surface area contributed by atoms with Crippen molar-refractivity contribution in [1.29, 1.82) is 0 Å². The third kappa shape index (κ3) is 2.94. The van der Waals surface area contributed by atoms with E-state index in [1.165, 1.54) is 32.1 Å². The monoisotopic (exact) mass is 211 g/mol. The lowest BCUT2D eigenvalue weighted by atomic mass is 9.83. The molecule has 0 aliphatic heterocycles. The van der Waals surface area contributed by atoms with Crippen LogP contribution in [0.4, 0.5) is 0 Å². The predicted molar refractivity (Wildman–Crippen MR) is 62.8 cm³/mol. The Labute approximate surface area is 93.5 Å². The van der Waals surface area contributed by atoms with Crippen LogP contribution >= 0.6 is 0 Å². The van der Waals surface area contributed by atoms with Gasteiger partial charge >= 0.3 is 0 Å². The van der Waals surface area contributed by atoms with Gasteiger partial charge in [-0.2, -0.15) is 0 Å². The third-order valence-electron chi connectivity index (χ3n) is 4.18. The van der Waals surface area contributed by atoms with Crippen LogP contribution in [0.15, 0.2) is 0 Å². The predicted octanol–water partition coefficient (Wildman–Crippen LogP) is 2.46. The highest BCUT2D eigenvalue weighted by molar-refractivity contribution is 4.97. The molecule has 0 radical (unpaired) electrons. The summed E-state index contributed by atoms with van der Waals surface area (Å²) in [4.78, 5) is 0. The van der Waals surface area contributed by atoms with E-state index in [1.54, 1.807) is 0 Å². The van der Waals surface area contributed by atoms with Crippen LogP contribution in [0.3, 0.4) is 0 Å². The molecule has 0 aromatic heterocycles. The second-order valence-electron chi connectivity index (χ2n) is 6.37. The number of nitrogens with one attached hydrogen (secondary N) is 1. The molecule has 1 atom stereocenters. The van der Waals surface area contributed by atoms with E-state index in [-0.39, 0.29) is 5.54 Å². The maximum absolute atomic E-state index is 9.65. The first kappa shape index (κ1) is 11.4. The first-order valence-electron chi connectivity index (χ1n) is 6.44. The summed E-state index contributed by atoms with van der Waals surface area (Å²) < 4.78 is 0. The van der Waals surface area contributed by atoms with Gasteiger partial charge in [-0.05, 0) is 43.9 Å². The molecule has 2 saturated carbocycles. The Balaban J connectivity index is 1.98. The molecule has 0 spiro atoms. The maximum Gasteiger partial charge on any atom is 0.0613 e. The largest absolute Gasteiger partial charge is 0.394 e. The maximum atomic E-state index is 9.65. The zero-order chi connectivity index (χ0) is 10.9. The fourth-order valence-corrected chi connectivity index (χ4v) is 2.74. The Morgan fingerprint density at radius 1 is 1.13 bits per heavy atom. The zero-order valence-corrected chi connectivity index (χ0v) is 10.2. The van der Waals surface area contributed by atoms with Crippen LogP contribution in [-0.2, 0) is 0 Å². The molecule has 0 heterocycles. The molecule has 1 unspecified atom stereocenters. The summed E-state index contributed by atoms with van der Waals surface area (Å²) in [6.07, 6.45) is 8.73. The zero-order valence-electron chi connectivity index (χ0n) is 10.2. The van der Waals surface area contributed by atoms with Crippen molar-refractivity contribution in [1.82, 2.24) is 5.32 Å². The van der Waals surface area contributed by atoms with E-state index in [4.69, 9.17) is 0 Å². The van der Waals surface area contributed by atoms with Gasteiger partial charge in [-0.3, -0.25) is 0 Å². The van der Waals surface area contributed by atoms with E-state index in [9.17, 15) is 5.11 Å². The Kier molecular flexibility index (Phi) is 3.09. The summed E-state index contributed by atoms with van der Waals surface area (Å²) in [7, 11) is 0. The van der Waals surface area contributed by atoms with E-state index in [1.807, 2.05) is 0 Å². The number of aliphatic hydroxyl groups excluding tert-OH is 1. The van der Waals surface area contributed by atoms with E-state index >= 15 is 0 Å². The van der Waals surface area contributed by atoms with Gasteiger partial charge in [-0.25, -0.2) is 0 Å². The van der Waals surface area contributed by atoms with Gasteiger partial charge in [0.15, 0.2) is 0 Å². The first-order valence-corrected chi connectivity index (χ1v) is 6.44. The van der Waals surface area contributed by atoms with Crippen LogP contribution in [-0.4, -0.2) is 23.3 Å². The molecule has 2 aliphatic carbocycles. The molecule has 0 saturated heterocycles. The molecule has 0 aromatic rings. The molecule has 2 aliphatic rings. The van der Waals surface area contributed by atoms with Crippen molar-refractivity contribution in [2.75, 3.05) is 6.61 Å². The Morgan fingerprint density at radius 2 is 1.87 bits per heavy atom. The van der Waals surface area contributed by atoms with Crippen molar-refractivity contribution < 1.29 is 5.11 Å². The summed E-state index contributed by atoms with van der Waals surface area (Å²) in [6.45, 7) is 5.04. The van der Waals surface area contributed by atoms with Crippen LogP contribution in [0.25, 0.3) is 0 Å². The molecule has 2 nitrogen and oxygen atoms in total. The van der Waals surface area contributed by atoms with E-state index < -0.39 is 0 Å². The average Bonchev–Trinajstić information content (AvgIpc) is 2.97. The van der Waals surface area contributed by atoms with Crippen LogP contribution in [0, 0.1) is 5.41 Å². The second kappa shape index (κ2) is 4.06. The Bertz CT molecular complexity index is 223. The van der Waals surface area contributed by atoms with Crippen molar-refractivity contribution in [3.63, 3.8) is 0 Å². The number of aliphatic hydroxyl groups is 1. The van der Waals surface area contributed by atoms with Gasteiger partial charge in [0.25, 0.3) is 0 Å². The fraction of sp³-hybridized carbons (Fsp3) is 1.00. The lowest BCUT2D eigenvalue weighted by Gasteiger charge is -2.33. The smallest absolute Gasteiger partial charge is 0.0613 e. The van der Waals surface area contributed by atoms with Gasteiger partial charge in [0.2, 0.25) is 0 Å². The molecule has 2 N–H and O–H groups in total. The summed E-state index contributed by atoms with van der Waals surface area (Å²) in [6, 6.07) is 0.707. The molecule has 2 heteroatoms. The molecule has 2 rings (SSSR count). The molecule has 88 valence electrons. The molecule has 0 aromatic carbocycles. The second-order valence-corrected chi connectivity index (χ2v) is 6.37. The summed E-state index contributed by atoms with van der Waals surface area (Å²) in [5.74, 6) is 0. The standard InChI is InChI=1S/C13H25NO/c1-12(2)6-3-7-13(10-15,9-8-12)14-11-4-5-11/h11,14-15H,3-10H2,1-2H3. The first-order chi connectivity index (χ1) is 7.05. The molecular weight excluding hydrogens is 186 g/mol. The van der Waals surface area contributed by atoms with Crippen LogP contribution < -0.4 is 5.32 Å². The highest BCUT2D eigenvalue weighted by atomic mass is 16.3. The lowest BCUT2D eigenvalue weighted by molar-refractivity contribution is 0.138. The van der Waals surface area contributed by atoms with Crippen molar-refractivity contribution in [3.8, 4) is 0 Å². The summed E-state index contributed by atoms with van der Waals surface area (Å²) in [5.41, 5.74) is 0.525. The molecule has 0 bridgehead atoms. The van der Waals surface area contributed by atoms with Crippen LogP contribution in [0.2, 0.25) is 0 Å². The number of hydrogen-bond acceptors (Lipinski definition) is 2. The Morgan fingerprint density at radius 3 is 2.47 bits per heavy atom. The van der Waals surface area contributed by atoms with Gasteiger partial charge in [0, 0.05) is 11.6 Å². The van der Waals surface area contributed by atoms with Gasteiger partial charge in [0.1, 0.15) is 0 Å². The van der Waals surface area contributed by atoms with Crippen LogP contribution in [0.1, 0.15) is 58.8 Å². The van der Waals surface area contributed by atoms with E-state index in [0.29, 0.717) is 18.1 Å². The number of rotatable bonds is 3. The van der Waals surface area contributed by atoms with Crippen molar-refractivity contribution >= 4 is 0 Å². The minimum Gasteiger partial charge on any atom is -0.394 e. The van der Waals surface area contributed by atoms with Crippen molar-refractivity contribution in [2.24, 2.45) is 5.41 Å². The average molecular weight is 211 g/mol. The minimum atomic E-state index is 0.0505.